The molecule has 0 aromatic heterocycles. The van der Waals surface area contributed by atoms with E-state index in [0.29, 0.717) is 0 Å². The maximum atomic E-state index is 12.1. The molecule has 1 aromatic rings. The number of nitrogens with one attached hydrogen (secondary N) is 1. The molecule has 2 heterocycles. The molecule has 1 aromatic carbocycles. The molecule has 3 rings (SSSR count). The highest BCUT2D eigenvalue weighted by atomic mass is 16.2. The Morgan fingerprint density at radius 3 is 3.06 bits per heavy atom. The predicted molar refractivity (Wildman–Crippen MR) is 65.5 cm³/mol. The number of hydrogen-bond acceptors (Lipinski definition) is 2. The van der Waals surface area contributed by atoms with E-state index in [1.54, 1.807) is 6.20 Å². The van der Waals surface area contributed by atoms with E-state index in [2.05, 4.69) is 10.3 Å². The van der Waals surface area contributed by atoms with Crippen molar-refractivity contribution >= 4 is 12.0 Å². The fourth-order valence-corrected chi connectivity index (χ4v) is 2.46. The summed E-state index contributed by atoms with van der Waals surface area (Å²) in [6.07, 6.45) is 7.59. The highest BCUT2D eigenvalue weighted by Gasteiger charge is 2.35. The third kappa shape index (κ3) is 1.68. The second kappa shape index (κ2) is 3.84. The standard InChI is InChI=1S/C14H14N2O/c17-13-14(6-3-8-16-13)7-9-15-12-5-2-1-4-11(12)10-14/h1-2,4-5,7,9-10H,3,6,8H2,(H,16,17). The lowest BCUT2D eigenvalue weighted by Gasteiger charge is -2.30. The zero-order chi connectivity index (χ0) is 11.7. The summed E-state index contributed by atoms with van der Waals surface area (Å²) in [5, 5.41) is 4.90. The second-order valence-corrected chi connectivity index (χ2v) is 4.55. The van der Waals surface area contributed by atoms with Gasteiger partial charge in [0.2, 0.25) is 5.91 Å². The summed E-state index contributed by atoms with van der Waals surface area (Å²) in [6.45, 7) is 0.779. The molecule has 3 nitrogen and oxygen atoms in total. The molecule has 3 heteroatoms. The van der Waals surface area contributed by atoms with Crippen molar-refractivity contribution in [3.63, 3.8) is 0 Å². The first kappa shape index (κ1) is 10.3. The van der Waals surface area contributed by atoms with Gasteiger partial charge in [0.1, 0.15) is 0 Å². The molecule has 0 saturated carbocycles. The van der Waals surface area contributed by atoms with Crippen molar-refractivity contribution in [1.82, 2.24) is 5.32 Å². The first-order chi connectivity index (χ1) is 8.30. The smallest absolute Gasteiger partial charge is 0.233 e. The van der Waals surface area contributed by atoms with Crippen molar-refractivity contribution in [2.75, 3.05) is 6.54 Å². The minimum atomic E-state index is -0.506. The van der Waals surface area contributed by atoms with Gasteiger partial charge in [0, 0.05) is 12.7 Å². The Morgan fingerprint density at radius 2 is 2.18 bits per heavy atom. The number of rotatable bonds is 0. The second-order valence-electron chi connectivity index (χ2n) is 4.55. The molecule has 2 aliphatic rings. The number of nitrogens with zero attached hydrogens (tertiary/aromatic N) is 1. The highest BCUT2D eigenvalue weighted by molar-refractivity contribution is 5.91. The molecule has 0 radical (unpaired) electrons. The van der Waals surface area contributed by atoms with Gasteiger partial charge in [0.25, 0.3) is 0 Å². The van der Waals surface area contributed by atoms with Gasteiger partial charge in [-0.25, -0.2) is 0 Å². The fraction of sp³-hybridized carbons (Fsp3) is 0.286. The lowest BCUT2D eigenvalue weighted by Crippen LogP contribution is -2.44. The molecular formula is C14H14N2O. The van der Waals surface area contributed by atoms with Gasteiger partial charge in [-0.1, -0.05) is 24.3 Å². The average molecular weight is 226 g/mol. The molecule has 0 bridgehead atoms. The van der Waals surface area contributed by atoms with Crippen LogP contribution in [0.15, 0.2) is 41.5 Å². The third-order valence-corrected chi connectivity index (χ3v) is 3.41. The van der Waals surface area contributed by atoms with Crippen molar-refractivity contribution < 1.29 is 4.79 Å². The minimum Gasteiger partial charge on any atom is -0.355 e. The first-order valence-corrected chi connectivity index (χ1v) is 5.92. The van der Waals surface area contributed by atoms with Gasteiger partial charge in [-0.05, 0) is 30.2 Å². The van der Waals surface area contributed by atoms with Gasteiger partial charge in [-0.2, -0.15) is 0 Å². The molecule has 1 unspecified atom stereocenters. The third-order valence-electron chi connectivity index (χ3n) is 3.41. The van der Waals surface area contributed by atoms with Crippen molar-refractivity contribution in [3.05, 3.63) is 47.1 Å². The van der Waals surface area contributed by atoms with Crippen LogP contribution >= 0.6 is 0 Å². The number of carbonyl (C=O) groups excluding carboxylic acids is 1. The number of para-hydroxylation sites is 1. The van der Waals surface area contributed by atoms with Crippen LogP contribution in [0.3, 0.4) is 0 Å². The number of amides is 1. The van der Waals surface area contributed by atoms with Crippen LogP contribution < -0.4 is 15.9 Å². The van der Waals surface area contributed by atoms with Crippen molar-refractivity contribution in [3.8, 4) is 0 Å². The van der Waals surface area contributed by atoms with Crippen LogP contribution in [-0.4, -0.2) is 12.5 Å². The maximum absolute atomic E-state index is 12.1. The van der Waals surface area contributed by atoms with Gasteiger partial charge in [0.05, 0.1) is 10.8 Å². The van der Waals surface area contributed by atoms with E-state index in [0.717, 1.165) is 30.0 Å². The maximum Gasteiger partial charge on any atom is 0.233 e. The van der Waals surface area contributed by atoms with Gasteiger partial charge in [0.15, 0.2) is 0 Å². The first-order valence-electron chi connectivity index (χ1n) is 5.92. The van der Waals surface area contributed by atoms with Crippen molar-refractivity contribution in [2.24, 2.45) is 10.4 Å². The summed E-state index contributed by atoms with van der Waals surface area (Å²) in [6, 6.07) is 7.92. The van der Waals surface area contributed by atoms with Crippen LogP contribution in [0.1, 0.15) is 12.8 Å². The number of carbonyl (C=O) groups is 1. The number of hydrogen-bond donors (Lipinski definition) is 1. The number of benzene rings is 1. The zero-order valence-electron chi connectivity index (χ0n) is 9.52. The van der Waals surface area contributed by atoms with Crippen LogP contribution in [0.2, 0.25) is 0 Å². The van der Waals surface area contributed by atoms with E-state index < -0.39 is 5.41 Å². The summed E-state index contributed by atoms with van der Waals surface area (Å²) in [5.41, 5.74) is -0.506. The quantitative estimate of drug-likeness (QED) is 0.688. The number of fused-ring (bicyclic) bond motifs is 1. The zero-order valence-corrected chi connectivity index (χ0v) is 9.52. The normalized spacial score (nSPS) is 26.5. The summed E-state index contributed by atoms with van der Waals surface area (Å²) in [4.78, 5) is 16.5. The van der Waals surface area contributed by atoms with E-state index >= 15 is 0 Å². The lowest BCUT2D eigenvalue weighted by molar-refractivity contribution is -0.127. The van der Waals surface area contributed by atoms with Gasteiger partial charge in [-0.3, -0.25) is 9.79 Å². The Kier molecular flexibility index (Phi) is 2.32. The molecular weight excluding hydrogens is 212 g/mol. The molecule has 2 aliphatic heterocycles. The van der Waals surface area contributed by atoms with Crippen molar-refractivity contribution in [1.29, 1.82) is 0 Å². The minimum absolute atomic E-state index is 0.0897. The molecule has 1 N–H and O–H groups in total. The van der Waals surface area contributed by atoms with Gasteiger partial charge in [-0.15, -0.1) is 0 Å². The molecule has 1 amide bonds. The van der Waals surface area contributed by atoms with E-state index in [-0.39, 0.29) is 5.91 Å². The van der Waals surface area contributed by atoms with Gasteiger partial charge < -0.3 is 5.32 Å². The molecule has 17 heavy (non-hydrogen) atoms. The monoisotopic (exact) mass is 226 g/mol. The van der Waals surface area contributed by atoms with Crippen LogP contribution in [0, 0.1) is 5.41 Å². The Morgan fingerprint density at radius 1 is 1.29 bits per heavy atom. The molecule has 1 fully saturated rings. The molecule has 86 valence electrons. The van der Waals surface area contributed by atoms with E-state index in [9.17, 15) is 4.79 Å². The molecule has 0 aliphatic carbocycles. The van der Waals surface area contributed by atoms with Crippen LogP contribution in [0.5, 0.6) is 0 Å². The van der Waals surface area contributed by atoms with Crippen molar-refractivity contribution in [2.45, 2.75) is 12.8 Å². The van der Waals surface area contributed by atoms with Crippen LogP contribution in [0.4, 0.5) is 0 Å². The number of piperidine rings is 1. The topological polar surface area (TPSA) is 41.5 Å². The fourth-order valence-electron chi connectivity index (χ4n) is 2.46. The van der Waals surface area contributed by atoms with E-state index in [1.165, 1.54) is 0 Å². The van der Waals surface area contributed by atoms with E-state index in [1.807, 2.05) is 36.4 Å². The molecule has 1 atom stereocenters. The van der Waals surface area contributed by atoms with E-state index in [4.69, 9.17) is 0 Å². The Balaban J connectivity index is 2.21. The summed E-state index contributed by atoms with van der Waals surface area (Å²) in [7, 11) is 0. The summed E-state index contributed by atoms with van der Waals surface area (Å²) in [5.74, 6) is 0.0897. The molecule has 1 spiro atoms. The lowest BCUT2D eigenvalue weighted by atomic mass is 9.79. The Labute approximate surface area is 99.6 Å². The molecule has 1 saturated heterocycles. The largest absolute Gasteiger partial charge is 0.355 e. The van der Waals surface area contributed by atoms with Crippen LogP contribution in [0.25, 0.3) is 6.08 Å². The average Bonchev–Trinajstić information content (AvgIpc) is 2.53. The van der Waals surface area contributed by atoms with Gasteiger partial charge >= 0.3 is 0 Å². The Hall–Kier alpha value is -1.90. The SMILES string of the molecule is O=C1NCCCC12C=CN=c1ccccc1=C2. The van der Waals surface area contributed by atoms with Crippen LogP contribution in [-0.2, 0) is 4.79 Å². The predicted octanol–water partition coefficient (Wildman–Crippen LogP) is 0.510. The summed E-state index contributed by atoms with van der Waals surface area (Å²) < 4.78 is 0. The summed E-state index contributed by atoms with van der Waals surface area (Å²) >= 11 is 0. The Bertz CT molecular complexity index is 603. The highest BCUT2D eigenvalue weighted by Crippen LogP contribution is 2.31.